The molecule has 3 unspecified atom stereocenters. The maximum Gasteiger partial charge on any atom is 0.307 e. The van der Waals surface area contributed by atoms with Crippen LogP contribution in [0.15, 0.2) is 0 Å². The van der Waals surface area contributed by atoms with Crippen LogP contribution in [0.25, 0.3) is 0 Å². The van der Waals surface area contributed by atoms with Crippen LogP contribution >= 0.6 is 0 Å². The molecule has 1 rings (SSSR count). The molecule has 0 bridgehead atoms. The summed E-state index contributed by atoms with van der Waals surface area (Å²) >= 11 is 0. The van der Waals surface area contributed by atoms with Crippen molar-refractivity contribution < 1.29 is 9.53 Å². The summed E-state index contributed by atoms with van der Waals surface area (Å²) < 4.78 is 4.88. The number of nitrogens with one attached hydrogen (secondary N) is 1. The minimum Gasteiger partial charge on any atom is -0.466 e. The number of rotatable bonds is 6. The molecule has 0 aromatic carbocycles. The Labute approximate surface area is 86.2 Å². The van der Waals surface area contributed by atoms with E-state index in [4.69, 9.17) is 4.74 Å². The SMILES string of the molecule is CCOC(=O)CC(C)NCC1CC1C. The lowest BCUT2D eigenvalue weighted by molar-refractivity contribution is -0.143. The zero-order valence-electron chi connectivity index (χ0n) is 9.38. The highest BCUT2D eigenvalue weighted by molar-refractivity contribution is 5.69. The van der Waals surface area contributed by atoms with E-state index < -0.39 is 0 Å². The molecule has 1 saturated carbocycles. The molecule has 3 atom stereocenters. The summed E-state index contributed by atoms with van der Waals surface area (Å²) in [6.07, 6.45) is 1.81. The summed E-state index contributed by atoms with van der Waals surface area (Å²) in [6.45, 7) is 7.65. The van der Waals surface area contributed by atoms with Crippen LogP contribution in [0.4, 0.5) is 0 Å². The summed E-state index contributed by atoms with van der Waals surface area (Å²) in [4.78, 5) is 11.1. The van der Waals surface area contributed by atoms with E-state index in [2.05, 4.69) is 12.2 Å². The summed E-state index contributed by atoms with van der Waals surface area (Å²) in [7, 11) is 0. The van der Waals surface area contributed by atoms with Gasteiger partial charge in [0.05, 0.1) is 13.0 Å². The number of hydrogen-bond acceptors (Lipinski definition) is 3. The van der Waals surface area contributed by atoms with Gasteiger partial charge in [0.1, 0.15) is 0 Å². The fourth-order valence-corrected chi connectivity index (χ4v) is 1.58. The molecule has 0 spiro atoms. The van der Waals surface area contributed by atoms with Gasteiger partial charge in [-0.2, -0.15) is 0 Å². The Morgan fingerprint density at radius 2 is 2.29 bits per heavy atom. The Balaban J connectivity index is 2.03. The predicted octanol–water partition coefficient (Wildman–Crippen LogP) is 1.57. The first-order valence-corrected chi connectivity index (χ1v) is 5.52. The fraction of sp³-hybridized carbons (Fsp3) is 0.909. The van der Waals surface area contributed by atoms with Gasteiger partial charge in [0.25, 0.3) is 0 Å². The highest BCUT2D eigenvalue weighted by Gasteiger charge is 2.32. The summed E-state index contributed by atoms with van der Waals surface area (Å²) in [5, 5.41) is 3.36. The van der Waals surface area contributed by atoms with E-state index in [9.17, 15) is 4.79 Å². The third-order valence-corrected chi connectivity index (χ3v) is 2.78. The quantitative estimate of drug-likeness (QED) is 0.660. The van der Waals surface area contributed by atoms with Crippen LogP contribution in [0.5, 0.6) is 0 Å². The molecule has 0 aromatic heterocycles. The zero-order valence-corrected chi connectivity index (χ0v) is 9.38. The van der Waals surface area contributed by atoms with E-state index in [1.165, 1.54) is 6.42 Å². The molecule has 3 nitrogen and oxygen atoms in total. The van der Waals surface area contributed by atoms with E-state index in [0.717, 1.165) is 18.4 Å². The van der Waals surface area contributed by atoms with Crippen LogP contribution in [0.3, 0.4) is 0 Å². The van der Waals surface area contributed by atoms with Crippen molar-refractivity contribution in [3.8, 4) is 0 Å². The van der Waals surface area contributed by atoms with Crippen LogP contribution in [0, 0.1) is 11.8 Å². The molecule has 1 fully saturated rings. The Hall–Kier alpha value is -0.570. The zero-order chi connectivity index (χ0) is 10.6. The van der Waals surface area contributed by atoms with Crippen LogP contribution in [0.2, 0.25) is 0 Å². The minimum atomic E-state index is -0.101. The average Bonchev–Trinajstić information content (AvgIpc) is 2.79. The van der Waals surface area contributed by atoms with Crippen molar-refractivity contribution in [1.82, 2.24) is 5.32 Å². The van der Waals surface area contributed by atoms with Gasteiger partial charge >= 0.3 is 5.97 Å². The van der Waals surface area contributed by atoms with Gasteiger partial charge in [-0.15, -0.1) is 0 Å². The number of carbonyl (C=O) groups is 1. The molecule has 0 radical (unpaired) electrons. The molecule has 0 saturated heterocycles. The fourth-order valence-electron chi connectivity index (χ4n) is 1.58. The smallest absolute Gasteiger partial charge is 0.307 e. The Morgan fingerprint density at radius 1 is 1.64 bits per heavy atom. The van der Waals surface area contributed by atoms with Crippen LogP contribution in [-0.2, 0) is 9.53 Å². The monoisotopic (exact) mass is 199 g/mol. The van der Waals surface area contributed by atoms with Gasteiger partial charge in [-0.3, -0.25) is 4.79 Å². The summed E-state index contributed by atoms with van der Waals surface area (Å²) in [6, 6.07) is 0.238. The maximum absolute atomic E-state index is 11.1. The van der Waals surface area contributed by atoms with Crippen molar-refractivity contribution in [2.75, 3.05) is 13.2 Å². The lowest BCUT2D eigenvalue weighted by atomic mass is 10.2. The van der Waals surface area contributed by atoms with E-state index in [0.29, 0.717) is 13.0 Å². The first kappa shape index (κ1) is 11.5. The highest BCUT2D eigenvalue weighted by atomic mass is 16.5. The first-order valence-electron chi connectivity index (χ1n) is 5.52. The predicted molar refractivity (Wildman–Crippen MR) is 56.0 cm³/mol. The van der Waals surface area contributed by atoms with E-state index in [-0.39, 0.29) is 12.0 Å². The van der Waals surface area contributed by atoms with Gasteiger partial charge in [0.2, 0.25) is 0 Å². The molecule has 82 valence electrons. The van der Waals surface area contributed by atoms with Crippen molar-refractivity contribution in [2.45, 2.75) is 39.7 Å². The second-order valence-corrected chi connectivity index (χ2v) is 4.29. The molecule has 0 aromatic rings. The molecular formula is C11H21NO2. The maximum atomic E-state index is 11.1. The number of carbonyl (C=O) groups excluding carboxylic acids is 1. The number of ether oxygens (including phenoxy) is 1. The second kappa shape index (κ2) is 5.35. The van der Waals surface area contributed by atoms with Crippen LogP contribution < -0.4 is 5.32 Å². The average molecular weight is 199 g/mol. The molecule has 1 aliphatic carbocycles. The highest BCUT2D eigenvalue weighted by Crippen LogP contribution is 2.36. The van der Waals surface area contributed by atoms with Crippen LogP contribution in [0.1, 0.15) is 33.6 Å². The lowest BCUT2D eigenvalue weighted by Gasteiger charge is -2.12. The van der Waals surface area contributed by atoms with Crippen molar-refractivity contribution in [3.05, 3.63) is 0 Å². The van der Waals surface area contributed by atoms with Gasteiger partial charge < -0.3 is 10.1 Å². The largest absolute Gasteiger partial charge is 0.466 e. The van der Waals surface area contributed by atoms with Gasteiger partial charge in [0.15, 0.2) is 0 Å². The molecule has 0 amide bonds. The molecule has 0 heterocycles. The van der Waals surface area contributed by atoms with Crippen molar-refractivity contribution in [2.24, 2.45) is 11.8 Å². The van der Waals surface area contributed by atoms with Gasteiger partial charge in [0, 0.05) is 6.04 Å². The van der Waals surface area contributed by atoms with E-state index >= 15 is 0 Å². The molecular weight excluding hydrogens is 178 g/mol. The van der Waals surface area contributed by atoms with E-state index in [1.807, 2.05) is 13.8 Å². The van der Waals surface area contributed by atoms with Crippen molar-refractivity contribution in [1.29, 1.82) is 0 Å². The Kier molecular flexibility index (Phi) is 4.39. The summed E-state index contributed by atoms with van der Waals surface area (Å²) in [5.74, 6) is 1.60. The number of hydrogen-bond donors (Lipinski definition) is 1. The third-order valence-electron chi connectivity index (χ3n) is 2.78. The third kappa shape index (κ3) is 4.09. The number of esters is 1. The first-order chi connectivity index (χ1) is 6.63. The van der Waals surface area contributed by atoms with Gasteiger partial charge in [-0.25, -0.2) is 0 Å². The lowest BCUT2D eigenvalue weighted by Crippen LogP contribution is -2.31. The second-order valence-electron chi connectivity index (χ2n) is 4.29. The molecule has 1 aliphatic rings. The molecule has 1 N–H and O–H groups in total. The Bertz CT molecular complexity index is 194. The van der Waals surface area contributed by atoms with Gasteiger partial charge in [-0.1, -0.05) is 6.92 Å². The molecule has 0 aliphatic heterocycles. The van der Waals surface area contributed by atoms with Crippen LogP contribution in [-0.4, -0.2) is 25.2 Å². The summed E-state index contributed by atoms with van der Waals surface area (Å²) in [5.41, 5.74) is 0. The minimum absolute atomic E-state index is 0.101. The van der Waals surface area contributed by atoms with Crippen molar-refractivity contribution >= 4 is 5.97 Å². The van der Waals surface area contributed by atoms with Crippen molar-refractivity contribution in [3.63, 3.8) is 0 Å². The standard InChI is InChI=1S/C11H21NO2/c1-4-14-11(13)6-9(3)12-7-10-5-8(10)2/h8-10,12H,4-7H2,1-3H3. The molecule has 3 heteroatoms. The Morgan fingerprint density at radius 3 is 2.79 bits per heavy atom. The van der Waals surface area contributed by atoms with E-state index in [1.54, 1.807) is 0 Å². The normalized spacial score (nSPS) is 27.1. The van der Waals surface area contributed by atoms with Gasteiger partial charge in [-0.05, 0) is 38.6 Å². The molecule has 14 heavy (non-hydrogen) atoms. The topological polar surface area (TPSA) is 38.3 Å².